The molecular weight excluding hydrogens is 276 g/mol. The average molecular weight is 313 g/mol. The molecule has 0 saturated carbocycles. The highest BCUT2D eigenvalue weighted by molar-refractivity contribution is 5.79. The molecule has 0 amide bonds. The quantitative estimate of drug-likeness (QED) is 0.368. The van der Waals surface area contributed by atoms with Crippen molar-refractivity contribution in [2.75, 3.05) is 53.0 Å². The van der Waals surface area contributed by atoms with Crippen molar-refractivity contribution in [2.24, 2.45) is 10.9 Å². The van der Waals surface area contributed by atoms with Crippen molar-refractivity contribution in [3.05, 3.63) is 0 Å². The number of likely N-dealkylation sites (tertiary alicyclic amines) is 1. The molecule has 1 rings (SSSR count). The molecular formula is C17H36N4O. The van der Waals surface area contributed by atoms with Crippen LogP contribution in [0.15, 0.2) is 4.99 Å². The molecule has 1 fully saturated rings. The van der Waals surface area contributed by atoms with Crippen LogP contribution in [0.1, 0.15) is 46.0 Å². The van der Waals surface area contributed by atoms with Gasteiger partial charge in [0.15, 0.2) is 5.96 Å². The molecule has 0 radical (unpaired) electrons. The third-order valence-electron chi connectivity index (χ3n) is 4.19. The van der Waals surface area contributed by atoms with Crippen molar-refractivity contribution in [3.63, 3.8) is 0 Å². The molecule has 0 aliphatic carbocycles. The summed E-state index contributed by atoms with van der Waals surface area (Å²) in [5.41, 5.74) is 0. The number of hydrogen-bond donors (Lipinski definition) is 2. The van der Waals surface area contributed by atoms with E-state index >= 15 is 0 Å². The fraction of sp³-hybridized carbons (Fsp3) is 0.941. The Morgan fingerprint density at radius 1 is 1.18 bits per heavy atom. The van der Waals surface area contributed by atoms with E-state index in [1.54, 1.807) is 7.11 Å². The van der Waals surface area contributed by atoms with Gasteiger partial charge in [0.25, 0.3) is 0 Å². The third-order valence-corrected chi connectivity index (χ3v) is 4.19. The first-order valence-electron chi connectivity index (χ1n) is 8.99. The van der Waals surface area contributed by atoms with E-state index in [2.05, 4.69) is 34.4 Å². The molecule has 1 saturated heterocycles. The predicted molar refractivity (Wildman–Crippen MR) is 94.5 cm³/mol. The van der Waals surface area contributed by atoms with Crippen LogP contribution in [0.2, 0.25) is 0 Å². The Labute approximate surface area is 136 Å². The summed E-state index contributed by atoms with van der Waals surface area (Å²) in [5.74, 6) is 1.86. The number of guanidine groups is 1. The summed E-state index contributed by atoms with van der Waals surface area (Å²) in [4.78, 5) is 7.17. The van der Waals surface area contributed by atoms with Crippen LogP contribution in [0.5, 0.6) is 0 Å². The molecule has 0 atom stereocenters. The van der Waals surface area contributed by atoms with E-state index < -0.39 is 0 Å². The van der Waals surface area contributed by atoms with Gasteiger partial charge in [-0.1, -0.05) is 6.92 Å². The van der Waals surface area contributed by atoms with Crippen LogP contribution < -0.4 is 10.6 Å². The lowest BCUT2D eigenvalue weighted by Crippen LogP contribution is -2.38. The second-order valence-electron chi connectivity index (χ2n) is 6.27. The van der Waals surface area contributed by atoms with Crippen molar-refractivity contribution in [1.82, 2.24) is 15.5 Å². The van der Waals surface area contributed by atoms with Crippen molar-refractivity contribution in [1.29, 1.82) is 0 Å². The average Bonchev–Trinajstić information content (AvgIpc) is 2.53. The van der Waals surface area contributed by atoms with Gasteiger partial charge in [-0.05, 0) is 64.6 Å². The lowest BCUT2D eigenvalue weighted by atomic mass is 9.99. The number of piperidine rings is 1. The van der Waals surface area contributed by atoms with Gasteiger partial charge in [-0.3, -0.25) is 4.99 Å². The first-order chi connectivity index (χ1) is 10.8. The van der Waals surface area contributed by atoms with Crippen molar-refractivity contribution in [2.45, 2.75) is 46.0 Å². The van der Waals surface area contributed by atoms with Gasteiger partial charge in [-0.25, -0.2) is 0 Å². The highest BCUT2D eigenvalue weighted by Crippen LogP contribution is 2.15. The number of hydrogen-bond acceptors (Lipinski definition) is 3. The molecule has 0 spiro atoms. The number of rotatable bonds is 10. The Hall–Kier alpha value is -0.810. The Morgan fingerprint density at radius 3 is 2.64 bits per heavy atom. The predicted octanol–water partition coefficient (Wildman–Crippen LogP) is 2.09. The van der Waals surface area contributed by atoms with Gasteiger partial charge < -0.3 is 20.3 Å². The van der Waals surface area contributed by atoms with Crippen molar-refractivity contribution >= 4 is 5.96 Å². The standard InChI is InChI=1S/C17H36N4O/c1-4-18-17(20-11-7-15-22-3)19-10-5-6-12-21-13-8-16(2)9-14-21/h16H,4-15H2,1-3H3,(H2,18,19,20). The Morgan fingerprint density at radius 2 is 1.95 bits per heavy atom. The van der Waals surface area contributed by atoms with Gasteiger partial charge in [-0.15, -0.1) is 0 Å². The molecule has 5 heteroatoms. The van der Waals surface area contributed by atoms with Gasteiger partial charge in [0.2, 0.25) is 0 Å². The third kappa shape index (κ3) is 9.26. The van der Waals surface area contributed by atoms with Crippen LogP contribution >= 0.6 is 0 Å². The largest absolute Gasteiger partial charge is 0.385 e. The fourth-order valence-corrected chi connectivity index (χ4v) is 2.69. The Kier molecular flexibility index (Phi) is 11.1. The zero-order valence-electron chi connectivity index (χ0n) is 14.9. The van der Waals surface area contributed by atoms with E-state index in [-0.39, 0.29) is 0 Å². The molecule has 130 valence electrons. The number of nitrogens with one attached hydrogen (secondary N) is 2. The summed E-state index contributed by atoms with van der Waals surface area (Å²) in [7, 11) is 1.73. The van der Waals surface area contributed by atoms with Crippen molar-refractivity contribution < 1.29 is 4.74 Å². The Balaban J connectivity index is 2.06. The van der Waals surface area contributed by atoms with Crippen LogP contribution in [0.25, 0.3) is 0 Å². The second-order valence-corrected chi connectivity index (χ2v) is 6.27. The number of unbranched alkanes of at least 4 members (excludes halogenated alkanes) is 1. The molecule has 0 unspecified atom stereocenters. The van der Waals surface area contributed by atoms with Crippen LogP contribution in [0.4, 0.5) is 0 Å². The molecule has 5 nitrogen and oxygen atoms in total. The molecule has 1 aliphatic rings. The molecule has 0 aromatic rings. The maximum atomic E-state index is 5.05. The van der Waals surface area contributed by atoms with Crippen molar-refractivity contribution in [3.8, 4) is 0 Å². The van der Waals surface area contributed by atoms with E-state index in [1.165, 1.54) is 45.3 Å². The van der Waals surface area contributed by atoms with E-state index in [0.717, 1.165) is 44.5 Å². The van der Waals surface area contributed by atoms with Crippen LogP contribution in [0, 0.1) is 5.92 Å². The SMILES string of the molecule is CCNC(=NCCCOC)NCCCCN1CCC(C)CC1. The van der Waals surface area contributed by atoms with Crippen LogP contribution in [0.3, 0.4) is 0 Å². The summed E-state index contributed by atoms with van der Waals surface area (Å²) in [6, 6.07) is 0. The molecule has 22 heavy (non-hydrogen) atoms. The minimum atomic E-state index is 0.775. The summed E-state index contributed by atoms with van der Waals surface area (Å²) in [6.45, 7) is 11.8. The summed E-state index contributed by atoms with van der Waals surface area (Å²) >= 11 is 0. The summed E-state index contributed by atoms with van der Waals surface area (Å²) in [5, 5.41) is 6.71. The number of nitrogens with zero attached hydrogens (tertiary/aromatic N) is 2. The molecule has 0 bridgehead atoms. The normalized spacial score (nSPS) is 17.7. The monoisotopic (exact) mass is 312 g/mol. The minimum Gasteiger partial charge on any atom is -0.385 e. The van der Waals surface area contributed by atoms with Gasteiger partial charge in [0.1, 0.15) is 0 Å². The highest BCUT2D eigenvalue weighted by Gasteiger charge is 2.14. The zero-order chi connectivity index (χ0) is 16.0. The van der Waals surface area contributed by atoms with Gasteiger partial charge >= 0.3 is 0 Å². The lowest BCUT2D eigenvalue weighted by Gasteiger charge is -2.30. The highest BCUT2D eigenvalue weighted by atomic mass is 16.5. The lowest BCUT2D eigenvalue weighted by molar-refractivity contribution is 0.189. The van der Waals surface area contributed by atoms with Crippen LogP contribution in [-0.4, -0.2) is 63.8 Å². The van der Waals surface area contributed by atoms with E-state index in [1.807, 2.05) is 0 Å². The smallest absolute Gasteiger partial charge is 0.191 e. The second kappa shape index (κ2) is 12.7. The number of methoxy groups -OCH3 is 1. The first kappa shape index (κ1) is 19.2. The first-order valence-corrected chi connectivity index (χ1v) is 8.99. The zero-order valence-corrected chi connectivity index (χ0v) is 14.9. The molecule has 0 aromatic carbocycles. The Bertz CT molecular complexity index is 288. The van der Waals surface area contributed by atoms with E-state index in [4.69, 9.17) is 4.74 Å². The van der Waals surface area contributed by atoms with Gasteiger partial charge in [0.05, 0.1) is 0 Å². The fourth-order valence-electron chi connectivity index (χ4n) is 2.69. The minimum absolute atomic E-state index is 0.775. The molecule has 1 aliphatic heterocycles. The maximum absolute atomic E-state index is 5.05. The summed E-state index contributed by atoms with van der Waals surface area (Å²) in [6.07, 6.45) is 6.19. The maximum Gasteiger partial charge on any atom is 0.191 e. The molecule has 1 heterocycles. The molecule has 2 N–H and O–H groups in total. The van der Waals surface area contributed by atoms with E-state index in [9.17, 15) is 0 Å². The number of ether oxygens (including phenoxy) is 1. The topological polar surface area (TPSA) is 48.9 Å². The number of aliphatic imine (C=N–C) groups is 1. The van der Waals surface area contributed by atoms with Crippen LogP contribution in [-0.2, 0) is 4.74 Å². The molecule has 0 aromatic heterocycles. The summed E-state index contributed by atoms with van der Waals surface area (Å²) < 4.78 is 5.05. The van der Waals surface area contributed by atoms with E-state index in [0.29, 0.717) is 0 Å². The van der Waals surface area contributed by atoms with Gasteiger partial charge in [-0.2, -0.15) is 0 Å². The van der Waals surface area contributed by atoms with Gasteiger partial charge in [0, 0.05) is 33.4 Å².